The van der Waals surface area contributed by atoms with Crippen molar-refractivity contribution in [2.75, 3.05) is 6.61 Å². The topological polar surface area (TPSA) is 9.23 Å². The van der Waals surface area contributed by atoms with Crippen molar-refractivity contribution in [2.24, 2.45) is 17.8 Å². The van der Waals surface area contributed by atoms with Crippen molar-refractivity contribution < 1.29 is 22.3 Å². The largest absolute Gasteiger partial charge is 0.378 e. The average Bonchev–Trinajstić information content (AvgIpc) is 3.37. The molecule has 2 aromatic rings. The quantitative estimate of drug-likeness (QED) is 0.332. The van der Waals surface area contributed by atoms with E-state index >= 15 is 0 Å². The molecule has 0 amide bonds. The highest BCUT2D eigenvalue weighted by Crippen LogP contribution is 2.41. The maximum absolute atomic E-state index is 14.8. The molecule has 0 N–H and O–H groups in total. The van der Waals surface area contributed by atoms with Crippen LogP contribution >= 0.6 is 0 Å². The molecule has 1 saturated carbocycles. The summed E-state index contributed by atoms with van der Waals surface area (Å²) in [6.07, 6.45) is 13.2. The fourth-order valence-electron chi connectivity index (χ4n) is 6.08. The molecule has 0 radical (unpaired) electrons. The number of ether oxygens (including phenoxy) is 1. The van der Waals surface area contributed by atoms with Crippen LogP contribution in [-0.4, -0.2) is 12.7 Å². The van der Waals surface area contributed by atoms with Crippen LogP contribution in [0.15, 0.2) is 36.4 Å². The Morgan fingerprint density at radius 3 is 2.03 bits per heavy atom. The molecule has 33 heavy (non-hydrogen) atoms. The Kier molecular flexibility index (Phi) is 6.60. The first-order valence-electron chi connectivity index (χ1n) is 12.2. The lowest BCUT2D eigenvalue weighted by Crippen LogP contribution is -2.34. The highest BCUT2D eigenvalue weighted by atomic mass is 19.2. The van der Waals surface area contributed by atoms with Gasteiger partial charge in [0.25, 0.3) is 0 Å². The summed E-state index contributed by atoms with van der Waals surface area (Å²) in [7, 11) is 0. The van der Waals surface area contributed by atoms with Crippen molar-refractivity contribution in [3.8, 4) is 11.1 Å². The predicted octanol–water partition coefficient (Wildman–Crippen LogP) is 8.08. The molecule has 1 heterocycles. The van der Waals surface area contributed by atoms with Crippen LogP contribution in [0, 0.1) is 41.0 Å². The molecule has 0 spiro atoms. The van der Waals surface area contributed by atoms with E-state index in [0.717, 1.165) is 67.4 Å². The van der Waals surface area contributed by atoms with Crippen LogP contribution < -0.4 is 0 Å². The maximum Gasteiger partial charge on any atom is 0.194 e. The third kappa shape index (κ3) is 4.75. The van der Waals surface area contributed by atoms with E-state index in [0.29, 0.717) is 12.0 Å². The van der Waals surface area contributed by atoms with E-state index in [-0.39, 0.29) is 11.1 Å². The summed E-state index contributed by atoms with van der Waals surface area (Å²) in [5, 5.41) is 0. The van der Waals surface area contributed by atoms with Gasteiger partial charge in [-0.2, -0.15) is 0 Å². The summed E-state index contributed by atoms with van der Waals surface area (Å²) in [5.41, 5.74) is 1.91. The Bertz CT molecular complexity index is 1010. The van der Waals surface area contributed by atoms with Crippen LogP contribution in [0.3, 0.4) is 0 Å². The van der Waals surface area contributed by atoms with E-state index in [1.807, 2.05) is 0 Å². The van der Waals surface area contributed by atoms with E-state index in [1.165, 1.54) is 44.2 Å². The first-order valence-corrected chi connectivity index (χ1v) is 12.2. The molecule has 1 aliphatic heterocycles. The molecule has 176 valence electrons. The number of rotatable bonds is 4. The van der Waals surface area contributed by atoms with Crippen LogP contribution in [0.1, 0.15) is 63.4 Å². The van der Waals surface area contributed by atoms with Crippen molar-refractivity contribution in [2.45, 2.75) is 63.9 Å². The summed E-state index contributed by atoms with van der Waals surface area (Å²) in [4.78, 5) is 0. The first-order chi connectivity index (χ1) is 16.0. The second kappa shape index (κ2) is 9.61. The van der Waals surface area contributed by atoms with Gasteiger partial charge in [-0.1, -0.05) is 43.9 Å². The molecule has 3 unspecified atom stereocenters. The molecule has 2 aromatic carbocycles. The lowest BCUT2D eigenvalue weighted by atomic mass is 9.78. The second-order valence-corrected chi connectivity index (χ2v) is 9.97. The molecular formula is C28H30F4O. The van der Waals surface area contributed by atoms with Crippen LogP contribution in [0.25, 0.3) is 16.7 Å². The maximum atomic E-state index is 14.8. The van der Waals surface area contributed by atoms with Crippen molar-refractivity contribution >= 4 is 5.57 Å². The van der Waals surface area contributed by atoms with E-state index < -0.39 is 23.3 Å². The first kappa shape index (κ1) is 22.6. The van der Waals surface area contributed by atoms with Gasteiger partial charge in [0.05, 0.1) is 12.7 Å². The van der Waals surface area contributed by atoms with Crippen LogP contribution in [0.2, 0.25) is 0 Å². The lowest BCUT2D eigenvalue weighted by molar-refractivity contribution is -0.0610. The molecule has 2 fully saturated rings. The summed E-state index contributed by atoms with van der Waals surface area (Å²) in [6, 6.07) is 6.33. The highest BCUT2D eigenvalue weighted by Gasteiger charge is 2.33. The van der Waals surface area contributed by atoms with Crippen molar-refractivity contribution in [1.82, 2.24) is 0 Å². The van der Waals surface area contributed by atoms with Crippen molar-refractivity contribution in [1.29, 1.82) is 0 Å². The molecule has 3 atom stereocenters. The van der Waals surface area contributed by atoms with E-state index in [2.05, 4.69) is 6.08 Å². The molecular weight excluding hydrogens is 428 g/mol. The molecule has 0 bridgehead atoms. The third-order valence-electron chi connectivity index (χ3n) is 8.02. The Morgan fingerprint density at radius 1 is 0.697 bits per heavy atom. The summed E-state index contributed by atoms with van der Waals surface area (Å²) >= 11 is 0. The molecule has 2 aliphatic carbocycles. The number of hydrogen-bond acceptors (Lipinski definition) is 1. The molecule has 3 aliphatic rings. The van der Waals surface area contributed by atoms with Gasteiger partial charge >= 0.3 is 0 Å². The standard InChI is InChI=1S/C28H30F4O/c29-24-13-20(9-11-23(24)22-14-25(30)28(32)26(31)15-22)18-5-7-19(8-6-18)27-12-10-21(16-33-27)17-3-1-2-4-17/h5,9,11,13-15,17,19,21,27H,1-4,6-8,10,12,16H2. The van der Waals surface area contributed by atoms with Gasteiger partial charge in [-0.3, -0.25) is 0 Å². The molecule has 5 rings (SSSR count). The van der Waals surface area contributed by atoms with E-state index in [9.17, 15) is 17.6 Å². The van der Waals surface area contributed by atoms with E-state index in [1.54, 1.807) is 6.07 Å². The fourth-order valence-corrected chi connectivity index (χ4v) is 6.08. The minimum atomic E-state index is -1.55. The fraction of sp³-hybridized carbons (Fsp3) is 0.500. The zero-order chi connectivity index (χ0) is 22.9. The van der Waals surface area contributed by atoms with Crippen LogP contribution in [-0.2, 0) is 4.74 Å². The van der Waals surface area contributed by atoms with Crippen LogP contribution in [0.4, 0.5) is 17.6 Å². The smallest absolute Gasteiger partial charge is 0.194 e. The van der Waals surface area contributed by atoms with Gasteiger partial charge in [-0.15, -0.1) is 0 Å². The van der Waals surface area contributed by atoms with Gasteiger partial charge in [-0.25, -0.2) is 17.6 Å². The molecule has 5 heteroatoms. The predicted molar refractivity (Wildman–Crippen MR) is 121 cm³/mol. The molecule has 1 saturated heterocycles. The SMILES string of the molecule is Fc1cc(C2=CCC(C3CCC(C4CCCC4)CO3)CC2)ccc1-c1cc(F)c(F)c(F)c1. The van der Waals surface area contributed by atoms with Gasteiger partial charge < -0.3 is 4.74 Å². The number of hydrogen-bond donors (Lipinski definition) is 0. The van der Waals surface area contributed by atoms with Gasteiger partial charge in [0.2, 0.25) is 0 Å². The Balaban J connectivity index is 1.23. The Morgan fingerprint density at radius 2 is 1.42 bits per heavy atom. The number of halogens is 4. The second-order valence-electron chi connectivity index (χ2n) is 9.97. The molecule has 0 aromatic heterocycles. The molecule has 1 nitrogen and oxygen atoms in total. The van der Waals surface area contributed by atoms with E-state index in [4.69, 9.17) is 4.74 Å². The van der Waals surface area contributed by atoms with Gasteiger partial charge in [0, 0.05) is 5.56 Å². The monoisotopic (exact) mass is 458 g/mol. The van der Waals surface area contributed by atoms with Gasteiger partial charge in [0.1, 0.15) is 5.82 Å². The number of benzene rings is 2. The zero-order valence-electron chi connectivity index (χ0n) is 18.8. The zero-order valence-corrected chi connectivity index (χ0v) is 18.8. The van der Waals surface area contributed by atoms with Gasteiger partial charge in [0.15, 0.2) is 17.5 Å². The lowest BCUT2D eigenvalue weighted by Gasteiger charge is -2.37. The average molecular weight is 459 g/mol. The highest BCUT2D eigenvalue weighted by molar-refractivity contribution is 5.71. The van der Waals surface area contributed by atoms with Crippen molar-refractivity contribution in [3.63, 3.8) is 0 Å². The van der Waals surface area contributed by atoms with Crippen LogP contribution in [0.5, 0.6) is 0 Å². The Labute approximate surface area is 192 Å². The summed E-state index contributed by atoms with van der Waals surface area (Å²) < 4.78 is 61.5. The minimum absolute atomic E-state index is 0.0153. The Hall–Kier alpha value is -2.14. The summed E-state index contributed by atoms with van der Waals surface area (Å²) in [6.45, 7) is 0.902. The normalized spacial score (nSPS) is 26.4. The minimum Gasteiger partial charge on any atom is -0.378 e. The van der Waals surface area contributed by atoms with Crippen molar-refractivity contribution in [3.05, 3.63) is 65.2 Å². The summed E-state index contributed by atoms with van der Waals surface area (Å²) in [5.74, 6) is -2.66. The van der Waals surface area contributed by atoms with Gasteiger partial charge in [-0.05, 0) is 84.8 Å². The third-order valence-corrected chi connectivity index (χ3v) is 8.02. The number of allylic oxidation sites excluding steroid dienone is 2.